The first kappa shape index (κ1) is 52.9. The van der Waals surface area contributed by atoms with Gasteiger partial charge in [-0.25, -0.2) is 22.4 Å². The molecule has 8 heterocycles. The van der Waals surface area contributed by atoms with E-state index in [1.165, 1.54) is 24.3 Å². The van der Waals surface area contributed by atoms with Crippen molar-refractivity contribution in [1.29, 1.82) is 5.26 Å². The summed E-state index contributed by atoms with van der Waals surface area (Å²) in [6.07, 6.45) is 0. The van der Waals surface area contributed by atoms with Gasteiger partial charge in [-0.05, 0) is 177 Å². The summed E-state index contributed by atoms with van der Waals surface area (Å²) >= 11 is 3.12. The van der Waals surface area contributed by atoms with E-state index in [1.54, 1.807) is 44.6 Å². The maximum atomic E-state index is 17.5. The molecule has 0 aliphatic carbocycles. The number of anilines is 6. The molecule has 11 aromatic rings. The van der Waals surface area contributed by atoms with Gasteiger partial charge < -0.3 is 28.7 Å². The summed E-state index contributed by atoms with van der Waals surface area (Å²) in [5.74, 6) is 1.34. The number of aryl methyl sites for hydroxylation is 3. The second kappa shape index (κ2) is 17.9. The van der Waals surface area contributed by atoms with Crippen molar-refractivity contribution in [2.75, 3.05) is 9.80 Å². The van der Waals surface area contributed by atoms with Gasteiger partial charge in [-0.1, -0.05) is 65.8 Å². The Labute approximate surface area is 513 Å². The molecule has 424 valence electrons. The lowest BCUT2D eigenvalue weighted by Gasteiger charge is -2.42. The summed E-state index contributed by atoms with van der Waals surface area (Å²) in [4.78, 5) is 7.15. The Hall–Kier alpha value is -9.41. The summed E-state index contributed by atoms with van der Waals surface area (Å²) in [5.41, 5.74) is 10.1. The fourth-order valence-electron chi connectivity index (χ4n) is 14.3. The van der Waals surface area contributed by atoms with Crippen molar-refractivity contribution in [2.24, 2.45) is 0 Å². The standard InChI is InChI=1S/C71H47B3F4N4O4S2/c1-32-15-51-61-55(17-32)85-66-39-21-35(31-79)11-13-59(39)87-68(66)73(61)41-27-43-53(29-49(41)81(51)64-45(75)22-36(23-46(64)76)70(4,5)6)83-57-19-34(3)20-58-63(57)72(43)44-28-42-50(30-54(44)84-58)82(65-47(77)24-37(25-48(65)78)71(7,8)9)52-16-33(2)18-56-62(52)74(42)69-67(86-56)40-26-38(80-10)12-14-60(40)88-69/h11-30H,1-9H3. The van der Waals surface area contributed by atoms with Crippen LogP contribution < -0.4 is 76.5 Å². The van der Waals surface area contributed by atoms with Crippen LogP contribution >= 0.6 is 22.7 Å². The Kier molecular flexibility index (Phi) is 10.7. The van der Waals surface area contributed by atoms with Gasteiger partial charge >= 0.3 is 0 Å². The molecule has 0 unspecified atom stereocenters. The summed E-state index contributed by atoms with van der Waals surface area (Å²) in [7, 11) is 0. The van der Waals surface area contributed by atoms with Crippen LogP contribution in [0.3, 0.4) is 0 Å². The fourth-order valence-corrected chi connectivity index (χ4v) is 16.8. The molecule has 8 nitrogen and oxygen atoms in total. The van der Waals surface area contributed by atoms with E-state index in [2.05, 4.69) is 23.0 Å². The molecule has 6 aliphatic rings. The number of nitriles is 1. The summed E-state index contributed by atoms with van der Waals surface area (Å²) in [6.45, 7) is 23.7. The van der Waals surface area contributed by atoms with Crippen LogP contribution in [0.4, 0.5) is 57.4 Å². The number of ether oxygens (including phenoxy) is 4. The first-order chi connectivity index (χ1) is 42.1. The van der Waals surface area contributed by atoms with Crippen molar-refractivity contribution in [3.63, 3.8) is 0 Å². The number of hydrogen-bond acceptors (Lipinski definition) is 9. The highest BCUT2D eigenvalue weighted by Gasteiger charge is 2.51. The first-order valence-corrected chi connectivity index (χ1v) is 30.8. The van der Waals surface area contributed by atoms with E-state index >= 15 is 17.6 Å². The second-order valence-electron chi connectivity index (χ2n) is 26.1. The average molecular weight is 1190 g/mol. The van der Waals surface area contributed by atoms with Crippen LogP contribution in [0.25, 0.3) is 25.0 Å². The predicted octanol–water partition coefficient (Wildman–Crippen LogP) is 14.2. The molecule has 17 heteroatoms. The summed E-state index contributed by atoms with van der Waals surface area (Å²) in [5, 5.41) is 11.7. The van der Waals surface area contributed by atoms with Gasteiger partial charge in [0.1, 0.15) is 57.4 Å². The zero-order valence-electron chi connectivity index (χ0n) is 49.0. The van der Waals surface area contributed by atoms with E-state index in [0.29, 0.717) is 91.1 Å². The molecule has 0 atom stereocenters. The second-order valence-corrected chi connectivity index (χ2v) is 28.3. The van der Waals surface area contributed by atoms with Crippen molar-refractivity contribution in [1.82, 2.24) is 0 Å². The minimum absolute atomic E-state index is 0.247. The number of nitrogens with zero attached hydrogens (tertiary/aromatic N) is 4. The average Bonchev–Trinajstić information content (AvgIpc) is 1.04. The van der Waals surface area contributed by atoms with Crippen molar-refractivity contribution < 1.29 is 36.5 Å². The predicted molar refractivity (Wildman–Crippen MR) is 349 cm³/mol. The van der Waals surface area contributed by atoms with Gasteiger partial charge in [-0.3, -0.25) is 0 Å². The van der Waals surface area contributed by atoms with Crippen molar-refractivity contribution in [3.05, 3.63) is 189 Å². The maximum Gasteiger partial charge on any atom is 0.268 e. The summed E-state index contributed by atoms with van der Waals surface area (Å²) < 4.78 is 102. The summed E-state index contributed by atoms with van der Waals surface area (Å²) in [6, 6.07) is 39.1. The van der Waals surface area contributed by atoms with Gasteiger partial charge in [0.25, 0.3) is 20.1 Å². The molecular formula is C71H47B3F4N4O4S2. The minimum Gasteiger partial charge on any atom is -0.458 e. The topological polar surface area (TPSA) is 71.5 Å². The molecule has 0 N–H and O–H groups in total. The van der Waals surface area contributed by atoms with Gasteiger partial charge in [0, 0.05) is 70.1 Å². The van der Waals surface area contributed by atoms with E-state index in [4.69, 9.17) is 25.5 Å². The molecule has 0 amide bonds. The number of benzene rings is 9. The lowest BCUT2D eigenvalue weighted by Crippen LogP contribution is -2.64. The third-order valence-electron chi connectivity index (χ3n) is 18.3. The highest BCUT2D eigenvalue weighted by Crippen LogP contribution is 2.51. The Morgan fingerprint density at radius 3 is 1.32 bits per heavy atom. The normalized spacial score (nSPS) is 14.2. The molecule has 0 radical (unpaired) electrons. The van der Waals surface area contributed by atoms with Gasteiger partial charge in [-0.2, -0.15) is 5.26 Å². The van der Waals surface area contributed by atoms with Crippen LogP contribution in [0.1, 0.15) is 74.9 Å². The van der Waals surface area contributed by atoms with Crippen LogP contribution in [0.5, 0.6) is 46.0 Å². The van der Waals surface area contributed by atoms with Crippen LogP contribution in [0.2, 0.25) is 0 Å². The van der Waals surface area contributed by atoms with Crippen LogP contribution in [0.15, 0.2) is 121 Å². The molecule has 0 spiro atoms. The zero-order valence-corrected chi connectivity index (χ0v) is 50.7. The highest BCUT2D eigenvalue weighted by molar-refractivity contribution is 7.34. The van der Waals surface area contributed by atoms with Crippen molar-refractivity contribution in [3.8, 4) is 52.1 Å². The van der Waals surface area contributed by atoms with E-state index in [0.717, 1.165) is 84.7 Å². The van der Waals surface area contributed by atoms with Gasteiger partial charge in [-0.15, -0.1) is 22.7 Å². The number of rotatable bonds is 2. The smallest absolute Gasteiger partial charge is 0.268 e. The first-order valence-electron chi connectivity index (χ1n) is 29.1. The van der Waals surface area contributed by atoms with Crippen molar-refractivity contribution >= 4 is 151 Å². The minimum atomic E-state index is -0.735. The fraction of sp³-hybridized carbons (Fsp3) is 0.155. The zero-order chi connectivity index (χ0) is 60.6. The quantitative estimate of drug-likeness (QED) is 0.0970. The van der Waals surface area contributed by atoms with Crippen LogP contribution in [-0.2, 0) is 10.8 Å². The molecule has 17 rings (SSSR count). The monoisotopic (exact) mass is 1190 g/mol. The largest absolute Gasteiger partial charge is 0.458 e. The lowest BCUT2D eigenvalue weighted by molar-refractivity contribution is 0.464. The number of thiophene rings is 2. The number of halogens is 4. The lowest BCUT2D eigenvalue weighted by atomic mass is 9.31. The van der Waals surface area contributed by atoms with E-state index in [1.807, 2.05) is 135 Å². The SMILES string of the molecule is [C-]#[N+]c1ccc2sc3c(c2c1)Oc1cc(C)cc2c1B3c1cc3c(cc1N2c1c(F)cc(C(C)(C)C)cc1F)Oc1cc(C)cc2c1B3c1cc3c(cc1O2)N(c1c(F)cc(C(C)(C)C)cc1F)c1cc(C)cc2c1B3c1sc3ccc(C#N)cc3c1O2. The van der Waals surface area contributed by atoms with Gasteiger partial charge in [0.05, 0.1) is 18.2 Å². The molecule has 0 bridgehead atoms. The molecule has 6 aliphatic heterocycles. The molecule has 0 saturated carbocycles. The van der Waals surface area contributed by atoms with Crippen LogP contribution in [-0.4, -0.2) is 20.1 Å². The van der Waals surface area contributed by atoms with E-state index in [9.17, 15) is 5.26 Å². The molecule has 2 aromatic heterocycles. The van der Waals surface area contributed by atoms with Gasteiger partial charge in [0.2, 0.25) is 0 Å². The van der Waals surface area contributed by atoms with E-state index in [-0.39, 0.29) is 11.4 Å². The number of fused-ring (bicyclic) bond motifs is 16. The number of hydrogen-bond donors (Lipinski definition) is 0. The Balaban J connectivity index is 0.954. The third-order valence-corrected chi connectivity index (χ3v) is 20.8. The molecule has 0 saturated heterocycles. The molecule has 88 heavy (non-hydrogen) atoms. The maximum absolute atomic E-state index is 17.5. The Bertz CT molecular complexity index is 4850. The molecule has 0 fully saturated rings. The van der Waals surface area contributed by atoms with E-state index < -0.39 is 54.2 Å². The molecular weight excluding hydrogens is 1150 g/mol. The Morgan fingerprint density at radius 1 is 0.466 bits per heavy atom. The van der Waals surface area contributed by atoms with Gasteiger partial charge in [0.15, 0.2) is 29.0 Å². The third kappa shape index (κ3) is 7.32. The molecule has 9 aromatic carbocycles. The van der Waals surface area contributed by atoms with Crippen molar-refractivity contribution in [2.45, 2.75) is 73.1 Å². The Morgan fingerprint density at radius 2 is 0.886 bits per heavy atom. The van der Waals surface area contributed by atoms with Crippen LogP contribution in [0, 0.1) is 61.9 Å². The highest BCUT2D eigenvalue weighted by atomic mass is 32.1.